The Balaban J connectivity index is 2.33. The molecule has 0 aliphatic heterocycles. The van der Waals surface area contributed by atoms with Gasteiger partial charge in [0.15, 0.2) is 5.75 Å². The molecule has 1 heterocycles. The summed E-state index contributed by atoms with van der Waals surface area (Å²) < 4.78 is 0. The van der Waals surface area contributed by atoms with Crippen LogP contribution in [0.2, 0.25) is 0 Å². The van der Waals surface area contributed by atoms with Crippen molar-refractivity contribution in [1.82, 2.24) is 16.0 Å². The number of rotatable bonds is 4. The van der Waals surface area contributed by atoms with E-state index in [1.807, 2.05) is 0 Å². The summed E-state index contributed by atoms with van der Waals surface area (Å²) in [5.74, 6) is 0.529. The maximum absolute atomic E-state index is 9.73. The zero-order chi connectivity index (χ0) is 7.94. The van der Waals surface area contributed by atoms with E-state index < -0.39 is 0 Å². The Bertz CT molecular complexity index is 214. The molecule has 5 heteroatoms. The molecule has 2 N–H and O–H groups in total. The number of nitrogens with one attached hydrogen (secondary N) is 2. The van der Waals surface area contributed by atoms with Gasteiger partial charge in [-0.2, -0.15) is 0 Å². The van der Waals surface area contributed by atoms with Gasteiger partial charge >= 0.3 is 0 Å². The van der Waals surface area contributed by atoms with Crippen molar-refractivity contribution in [1.29, 1.82) is 0 Å². The van der Waals surface area contributed by atoms with Crippen LogP contribution < -0.4 is 15.9 Å². The minimum absolute atomic E-state index is 0.469. The third-order valence-electron chi connectivity index (χ3n) is 0.921. The van der Waals surface area contributed by atoms with E-state index in [2.05, 4.69) is 16.0 Å². The molecular weight excluding hydrogens is 146 g/mol. The first-order valence-electron chi connectivity index (χ1n) is 2.94. The SMILES string of the molecule is O=CNNOc1cccnc1. The van der Waals surface area contributed by atoms with Crippen LogP contribution in [-0.2, 0) is 4.79 Å². The van der Waals surface area contributed by atoms with Crippen molar-refractivity contribution < 1.29 is 9.63 Å². The van der Waals surface area contributed by atoms with Crippen LogP contribution in [0.3, 0.4) is 0 Å². The Morgan fingerprint density at radius 2 is 2.55 bits per heavy atom. The number of aromatic nitrogens is 1. The molecule has 0 aliphatic carbocycles. The van der Waals surface area contributed by atoms with Crippen LogP contribution in [0.15, 0.2) is 24.5 Å². The Morgan fingerprint density at radius 1 is 1.64 bits per heavy atom. The summed E-state index contributed by atoms with van der Waals surface area (Å²) in [7, 11) is 0. The summed E-state index contributed by atoms with van der Waals surface area (Å²) in [6.45, 7) is 0. The lowest BCUT2D eigenvalue weighted by molar-refractivity contribution is -0.112. The smallest absolute Gasteiger partial charge is 0.223 e. The third kappa shape index (κ3) is 2.63. The lowest BCUT2D eigenvalue weighted by Gasteiger charge is -2.02. The van der Waals surface area contributed by atoms with E-state index in [0.29, 0.717) is 12.2 Å². The predicted molar refractivity (Wildman–Crippen MR) is 37.2 cm³/mol. The number of pyridine rings is 1. The second-order valence-corrected chi connectivity index (χ2v) is 1.66. The normalized spacial score (nSPS) is 8.73. The van der Waals surface area contributed by atoms with Crippen molar-refractivity contribution in [2.45, 2.75) is 0 Å². The molecular formula is C6H7N3O2. The first-order valence-corrected chi connectivity index (χ1v) is 2.94. The maximum atomic E-state index is 9.73. The van der Waals surface area contributed by atoms with E-state index >= 15 is 0 Å². The first kappa shape index (κ1) is 7.49. The summed E-state index contributed by atoms with van der Waals surface area (Å²) in [5.41, 5.74) is 4.31. The summed E-state index contributed by atoms with van der Waals surface area (Å²) in [4.78, 5) is 18.3. The average molecular weight is 153 g/mol. The van der Waals surface area contributed by atoms with E-state index in [0.717, 1.165) is 0 Å². The van der Waals surface area contributed by atoms with Gasteiger partial charge in [-0.05, 0) is 12.1 Å². The van der Waals surface area contributed by atoms with Crippen LogP contribution >= 0.6 is 0 Å². The molecule has 1 rings (SSSR count). The van der Waals surface area contributed by atoms with Crippen molar-refractivity contribution >= 4 is 6.41 Å². The molecule has 0 aromatic carbocycles. The lowest BCUT2D eigenvalue weighted by atomic mass is 10.5. The second kappa shape index (κ2) is 4.24. The minimum Gasteiger partial charge on any atom is -0.387 e. The summed E-state index contributed by atoms with van der Waals surface area (Å²) in [5, 5.41) is 0. The number of carbonyl (C=O) groups is 1. The van der Waals surface area contributed by atoms with Gasteiger partial charge in [-0.25, -0.2) is 0 Å². The monoisotopic (exact) mass is 153 g/mol. The van der Waals surface area contributed by atoms with E-state index in [1.165, 1.54) is 6.20 Å². The summed E-state index contributed by atoms with van der Waals surface area (Å²) in [6, 6.07) is 3.42. The number of carbonyl (C=O) groups excluding carboxylic acids is 1. The van der Waals surface area contributed by atoms with Crippen LogP contribution in [0.5, 0.6) is 5.75 Å². The van der Waals surface area contributed by atoms with Crippen molar-refractivity contribution in [2.24, 2.45) is 0 Å². The molecule has 1 aromatic rings. The highest BCUT2D eigenvalue weighted by Gasteiger charge is 1.87. The highest BCUT2D eigenvalue weighted by atomic mass is 16.7. The van der Waals surface area contributed by atoms with Crippen LogP contribution in [0, 0.1) is 0 Å². The largest absolute Gasteiger partial charge is 0.387 e. The standard InChI is InChI=1S/C6H7N3O2/c10-5-8-9-11-6-2-1-3-7-4-6/h1-5,9H,(H,8,10). The quantitative estimate of drug-likeness (QED) is 0.352. The van der Waals surface area contributed by atoms with E-state index in [9.17, 15) is 4.79 Å². The number of nitrogens with zero attached hydrogens (tertiary/aromatic N) is 1. The fraction of sp³-hybridized carbons (Fsp3) is 0. The number of hydrogen-bond acceptors (Lipinski definition) is 4. The van der Waals surface area contributed by atoms with E-state index in [-0.39, 0.29) is 0 Å². The molecule has 0 unspecified atom stereocenters. The maximum Gasteiger partial charge on any atom is 0.223 e. The van der Waals surface area contributed by atoms with Crippen molar-refractivity contribution in [3.05, 3.63) is 24.5 Å². The van der Waals surface area contributed by atoms with E-state index in [4.69, 9.17) is 4.84 Å². The second-order valence-electron chi connectivity index (χ2n) is 1.66. The molecule has 0 radical (unpaired) electrons. The Kier molecular flexibility index (Phi) is 2.88. The fourth-order valence-electron chi connectivity index (χ4n) is 0.520. The fourth-order valence-corrected chi connectivity index (χ4v) is 0.520. The van der Waals surface area contributed by atoms with Crippen LogP contribution in [-0.4, -0.2) is 11.4 Å². The van der Waals surface area contributed by atoms with Gasteiger partial charge in [0.2, 0.25) is 6.41 Å². The molecule has 5 nitrogen and oxygen atoms in total. The lowest BCUT2D eigenvalue weighted by Crippen LogP contribution is -2.33. The number of amides is 1. The van der Waals surface area contributed by atoms with Gasteiger partial charge < -0.3 is 4.84 Å². The van der Waals surface area contributed by atoms with Gasteiger partial charge in [-0.3, -0.25) is 15.2 Å². The average Bonchev–Trinajstić information content (AvgIpc) is 2.07. The molecule has 0 aliphatic rings. The molecule has 0 bridgehead atoms. The molecule has 0 spiro atoms. The molecule has 0 atom stereocenters. The van der Waals surface area contributed by atoms with Gasteiger partial charge in [-0.15, -0.1) is 0 Å². The van der Waals surface area contributed by atoms with Crippen molar-refractivity contribution in [2.75, 3.05) is 0 Å². The number of hydrazine groups is 1. The summed E-state index contributed by atoms with van der Waals surface area (Å²) >= 11 is 0. The molecule has 11 heavy (non-hydrogen) atoms. The van der Waals surface area contributed by atoms with Gasteiger partial charge in [0.25, 0.3) is 0 Å². The Morgan fingerprint density at radius 3 is 3.18 bits per heavy atom. The first-order chi connectivity index (χ1) is 5.43. The van der Waals surface area contributed by atoms with E-state index in [1.54, 1.807) is 18.3 Å². The van der Waals surface area contributed by atoms with Crippen molar-refractivity contribution in [3.63, 3.8) is 0 Å². The molecule has 0 saturated carbocycles. The van der Waals surface area contributed by atoms with Crippen LogP contribution in [0.1, 0.15) is 0 Å². The number of hydrogen-bond donors (Lipinski definition) is 2. The summed E-state index contributed by atoms with van der Waals surface area (Å²) in [6.07, 6.45) is 3.61. The molecule has 1 amide bonds. The Hall–Kier alpha value is -1.62. The molecule has 58 valence electrons. The molecule has 0 fully saturated rings. The molecule has 0 saturated heterocycles. The Labute approximate surface area is 63.3 Å². The third-order valence-corrected chi connectivity index (χ3v) is 0.921. The highest BCUT2D eigenvalue weighted by Crippen LogP contribution is 2.02. The zero-order valence-corrected chi connectivity index (χ0v) is 5.65. The zero-order valence-electron chi connectivity index (χ0n) is 5.65. The molecule has 1 aromatic heterocycles. The highest BCUT2D eigenvalue weighted by molar-refractivity contribution is 5.44. The van der Waals surface area contributed by atoms with Crippen LogP contribution in [0.4, 0.5) is 0 Å². The predicted octanol–water partition coefficient (Wildman–Crippen LogP) is -0.374. The van der Waals surface area contributed by atoms with Crippen LogP contribution in [0.25, 0.3) is 0 Å². The van der Waals surface area contributed by atoms with Gasteiger partial charge in [0, 0.05) is 6.20 Å². The van der Waals surface area contributed by atoms with Gasteiger partial charge in [0.1, 0.15) is 0 Å². The van der Waals surface area contributed by atoms with Gasteiger partial charge in [0.05, 0.1) is 6.20 Å². The van der Waals surface area contributed by atoms with Crippen molar-refractivity contribution in [3.8, 4) is 5.75 Å². The van der Waals surface area contributed by atoms with Gasteiger partial charge in [-0.1, -0.05) is 5.59 Å². The minimum atomic E-state index is 0.469. The topological polar surface area (TPSA) is 63.2 Å².